The molecule has 0 nitrogen and oxygen atoms in total. The molecule has 1 aromatic rings. The molecule has 98 heavy (non-hydrogen) atoms. The number of rotatable bonds is 91. The number of benzene rings is 1. The lowest BCUT2D eigenvalue weighted by Crippen LogP contribution is -1.86. The van der Waals surface area contributed by atoms with Crippen LogP contribution in [0.3, 0.4) is 0 Å². The standard InChI is InChI=1S/C98H190/c1-2-3-4-5-6-7-8-9-10-11-12-13-14-15-16-17-18-19-20-21-22-23-24-25-26-27-28-29-30-31-32-33-34-35-36-37-38-39-40-41-42-43-44-45-46-47-48-49-50-51-52-53-54-55-56-57-58-59-60-61-62-63-64-65-66-67-68-69-70-71-72-73-74-75-76-77-78-79-80-81-82-83-84-85-86-87-88-89-90-92-95-98-96-93-91-94-97-98/h91,93-94,96-97H,2-90,92,95H2,1H3. The first-order valence-corrected chi connectivity index (χ1v) is 48.0. The molecule has 0 saturated heterocycles. The first kappa shape index (κ1) is 95.2. The van der Waals surface area contributed by atoms with Crippen molar-refractivity contribution in [3.05, 3.63) is 35.9 Å². The summed E-state index contributed by atoms with van der Waals surface area (Å²) in [5, 5.41) is 0. The van der Waals surface area contributed by atoms with E-state index in [1.54, 1.807) is 0 Å². The fourth-order valence-electron chi connectivity index (χ4n) is 16.6. The van der Waals surface area contributed by atoms with Crippen molar-refractivity contribution in [1.29, 1.82) is 0 Å². The lowest BCUT2D eigenvalue weighted by atomic mass is 10.0. The van der Waals surface area contributed by atoms with Crippen molar-refractivity contribution in [2.45, 2.75) is 591 Å². The summed E-state index contributed by atoms with van der Waals surface area (Å²) in [5.41, 5.74) is 1.51. The molecule has 0 heterocycles. The van der Waals surface area contributed by atoms with Crippen molar-refractivity contribution >= 4 is 0 Å². The molecular formula is C98H190. The van der Waals surface area contributed by atoms with Gasteiger partial charge in [-0.25, -0.2) is 0 Å². The van der Waals surface area contributed by atoms with E-state index in [0.717, 1.165) is 0 Å². The summed E-state index contributed by atoms with van der Waals surface area (Å²) in [4.78, 5) is 0. The Labute approximate surface area is 623 Å². The van der Waals surface area contributed by atoms with Gasteiger partial charge in [0.25, 0.3) is 0 Å². The second-order valence-corrected chi connectivity index (χ2v) is 33.7. The fourth-order valence-corrected chi connectivity index (χ4v) is 16.6. The summed E-state index contributed by atoms with van der Waals surface area (Å²) < 4.78 is 0. The van der Waals surface area contributed by atoms with Gasteiger partial charge in [0.2, 0.25) is 0 Å². The molecule has 0 heteroatoms. The van der Waals surface area contributed by atoms with Gasteiger partial charge in [0.05, 0.1) is 0 Å². The van der Waals surface area contributed by atoms with Crippen LogP contribution in [0.2, 0.25) is 0 Å². The molecule has 0 aliphatic carbocycles. The third kappa shape index (κ3) is 85.9. The van der Waals surface area contributed by atoms with E-state index < -0.39 is 0 Å². The number of hydrogen-bond acceptors (Lipinski definition) is 0. The van der Waals surface area contributed by atoms with Gasteiger partial charge in [0.15, 0.2) is 0 Å². The van der Waals surface area contributed by atoms with E-state index in [1.807, 2.05) is 0 Å². The van der Waals surface area contributed by atoms with E-state index in [0.29, 0.717) is 0 Å². The van der Waals surface area contributed by atoms with E-state index in [4.69, 9.17) is 0 Å². The van der Waals surface area contributed by atoms with Crippen LogP contribution >= 0.6 is 0 Å². The van der Waals surface area contributed by atoms with Crippen LogP contribution in [0, 0.1) is 0 Å². The first-order valence-electron chi connectivity index (χ1n) is 48.0. The molecule has 0 amide bonds. The Hall–Kier alpha value is -0.780. The van der Waals surface area contributed by atoms with Crippen molar-refractivity contribution in [3.8, 4) is 0 Å². The van der Waals surface area contributed by atoms with Gasteiger partial charge in [-0.15, -0.1) is 0 Å². The molecule has 0 aliphatic heterocycles. The molecule has 1 aromatic carbocycles. The van der Waals surface area contributed by atoms with Crippen LogP contribution in [0.4, 0.5) is 0 Å². The predicted octanol–water partition coefficient (Wildman–Crippen LogP) is 37.4. The monoisotopic (exact) mass is 1370 g/mol. The SMILES string of the molecule is CCCCCCCCCCCCCCCCCCCCCCCCCCCCCCCCCCCCCCCCCCCCCCCCCCCCCCCCCCCCCCCCCCCCCCCCCCCCCCCCCCCCCCCCCCCCc1ccccc1. The Kier molecular flexibility index (Phi) is 87.9. The smallest absolute Gasteiger partial charge is 0.0279 e. The second-order valence-electron chi connectivity index (χ2n) is 33.7. The largest absolute Gasteiger partial charge is 0.0654 e. The molecule has 0 atom stereocenters. The molecule has 0 spiro atoms. The summed E-state index contributed by atoms with van der Waals surface area (Å²) in [5.74, 6) is 0. The Morgan fingerprint density at radius 1 is 0.112 bits per heavy atom. The third-order valence-electron chi connectivity index (χ3n) is 23.7. The molecule has 0 N–H and O–H groups in total. The number of hydrogen-bond donors (Lipinski definition) is 0. The molecule has 0 aromatic heterocycles. The highest BCUT2D eigenvalue weighted by Gasteiger charge is 2.04. The minimum absolute atomic E-state index is 1.26. The van der Waals surface area contributed by atoms with Gasteiger partial charge in [-0.3, -0.25) is 0 Å². The Balaban J connectivity index is 1.58. The van der Waals surface area contributed by atoms with Crippen molar-refractivity contribution in [3.63, 3.8) is 0 Å². The van der Waals surface area contributed by atoms with Crippen LogP contribution in [-0.4, -0.2) is 0 Å². The van der Waals surface area contributed by atoms with Crippen LogP contribution in [-0.2, 0) is 6.42 Å². The normalized spacial score (nSPS) is 11.8. The average molecular weight is 1370 g/mol. The molecule has 0 fully saturated rings. The maximum Gasteiger partial charge on any atom is -0.0279 e. The average Bonchev–Trinajstić information content (AvgIpc) is 2.82. The van der Waals surface area contributed by atoms with Gasteiger partial charge < -0.3 is 0 Å². The summed E-state index contributed by atoms with van der Waals surface area (Å²) in [7, 11) is 0. The van der Waals surface area contributed by atoms with Crippen LogP contribution in [0.15, 0.2) is 30.3 Å². The zero-order valence-electron chi connectivity index (χ0n) is 68.7. The third-order valence-corrected chi connectivity index (χ3v) is 23.7. The summed E-state index contributed by atoms with van der Waals surface area (Å²) in [6.07, 6.45) is 135. The van der Waals surface area contributed by atoms with Crippen LogP contribution in [0.5, 0.6) is 0 Å². The summed E-state index contributed by atoms with van der Waals surface area (Å²) in [6, 6.07) is 11.0. The quantitative estimate of drug-likeness (QED) is 0.0570. The highest BCUT2D eigenvalue weighted by atomic mass is 14.1. The first-order chi connectivity index (χ1) is 48.9. The zero-order chi connectivity index (χ0) is 69.5. The van der Waals surface area contributed by atoms with E-state index in [9.17, 15) is 0 Å². The lowest BCUT2D eigenvalue weighted by molar-refractivity contribution is 0.505. The molecule has 0 radical (unpaired) electrons. The molecule has 0 aliphatic rings. The highest BCUT2D eigenvalue weighted by Crippen LogP contribution is 2.23. The van der Waals surface area contributed by atoms with Crippen molar-refractivity contribution < 1.29 is 0 Å². The second kappa shape index (κ2) is 90.4. The molecule has 1 rings (SSSR count). The zero-order valence-corrected chi connectivity index (χ0v) is 68.7. The fraction of sp³-hybridized carbons (Fsp3) is 0.939. The van der Waals surface area contributed by atoms with Gasteiger partial charge in [-0.1, -0.05) is 609 Å². The number of unbranched alkanes of at least 4 members (excludes halogenated alkanes) is 89. The van der Waals surface area contributed by atoms with Crippen LogP contribution in [0.1, 0.15) is 590 Å². The summed E-state index contributed by atoms with van der Waals surface area (Å²) in [6.45, 7) is 2.32. The topological polar surface area (TPSA) is 0 Å². The van der Waals surface area contributed by atoms with E-state index in [2.05, 4.69) is 37.3 Å². The van der Waals surface area contributed by atoms with E-state index in [1.165, 1.54) is 590 Å². The van der Waals surface area contributed by atoms with E-state index in [-0.39, 0.29) is 0 Å². The molecular weight excluding hydrogens is 1180 g/mol. The Morgan fingerprint density at radius 2 is 0.204 bits per heavy atom. The lowest BCUT2D eigenvalue weighted by Gasteiger charge is -2.05. The van der Waals surface area contributed by atoms with Crippen molar-refractivity contribution in [2.24, 2.45) is 0 Å². The van der Waals surface area contributed by atoms with Crippen molar-refractivity contribution in [2.75, 3.05) is 0 Å². The number of aryl methyl sites for hydroxylation is 1. The Morgan fingerprint density at radius 3 is 0.306 bits per heavy atom. The van der Waals surface area contributed by atoms with Crippen LogP contribution in [0.25, 0.3) is 0 Å². The van der Waals surface area contributed by atoms with Gasteiger partial charge in [0.1, 0.15) is 0 Å². The van der Waals surface area contributed by atoms with Gasteiger partial charge in [0, 0.05) is 0 Å². The molecule has 0 bridgehead atoms. The van der Waals surface area contributed by atoms with Gasteiger partial charge in [-0.05, 0) is 18.4 Å². The van der Waals surface area contributed by atoms with E-state index >= 15 is 0 Å². The Bertz CT molecular complexity index is 1460. The minimum atomic E-state index is 1.26. The predicted molar refractivity (Wildman–Crippen MR) is 451 cm³/mol. The highest BCUT2D eigenvalue weighted by molar-refractivity contribution is 5.14. The molecule has 582 valence electrons. The maximum absolute atomic E-state index is 2.32. The molecule has 0 saturated carbocycles. The van der Waals surface area contributed by atoms with Crippen molar-refractivity contribution in [1.82, 2.24) is 0 Å². The van der Waals surface area contributed by atoms with Crippen LogP contribution < -0.4 is 0 Å². The summed E-state index contributed by atoms with van der Waals surface area (Å²) >= 11 is 0. The minimum Gasteiger partial charge on any atom is -0.0654 e. The van der Waals surface area contributed by atoms with Gasteiger partial charge in [-0.2, -0.15) is 0 Å². The molecule has 0 unspecified atom stereocenters. The van der Waals surface area contributed by atoms with Gasteiger partial charge >= 0.3 is 0 Å². The maximum atomic E-state index is 2.32.